The fourth-order valence-corrected chi connectivity index (χ4v) is 2.74. The predicted molar refractivity (Wildman–Crippen MR) is 103 cm³/mol. The molecule has 0 aliphatic rings. The summed E-state index contributed by atoms with van der Waals surface area (Å²) < 4.78 is 0. The topological polar surface area (TPSA) is 62.7 Å². The summed E-state index contributed by atoms with van der Waals surface area (Å²) in [5.74, 6) is 1.36. The van der Waals surface area contributed by atoms with E-state index in [1.54, 1.807) is 24.4 Å². The van der Waals surface area contributed by atoms with E-state index < -0.39 is 0 Å². The lowest BCUT2D eigenvalue weighted by Crippen LogP contribution is -2.03. The van der Waals surface area contributed by atoms with Gasteiger partial charge in [0.25, 0.3) is 0 Å². The predicted octanol–water partition coefficient (Wildman–Crippen LogP) is 5.79. The van der Waals surface area contributed by atoms with E-state index >= 15 is 0 Å². The molecule has 1 aromatic heterocycles. The minimum Gasteiger partial charge on any atom is -0.339 e. The summed E-state index contributed by atoms with van der Waals surface area (Å²) in [6.45, 7) is 4.32. The Morgan fingerprint density at radius 2 is 1.60 bits per heavy atom. The van der Waals surface area contributed by atoms with Crippen LogP contribution in [0.5, 0.6) is 0 Å². The number of rotatable bonds is 5. The SMILES string of the molecule is CC(C)c1ccc(Nc2cnnc(Nc3c(Cl)cccc3Cl)n2)cc1. The monoisotopic (exact) mass is 373 g/mol. The van der Waals surface area contributed by atoms with Crippen LogP contribution < -0.4 is 10.6 Å². The molecule has 0 aliphatic heterocycles. The van der Waals surface area contributed by atoms with E-state index in [-0.39, 0.29) is 0 Å². The van der Waals surface area contributed by atoms with E-state index in [9.17, 15) is 0 Å². The minimum atomic E-state index is 0.304. The van der Waals surface area contributed by atoms with Gasteiger partial charge in [-0.3, -0.25) is 0 Å². The Labute approximate surface area is 156 Å². The fraction of sp³-hybridized carbons (Fsp3) is 0.167. The van der Waals surface area contributed by atoms with Crippen LogP contribution in [-0.2, 0) is 0 Å². The van der Waals surface area contributed by atoms with Gasteiger partial charge in [-0.2, -0.15) is 10.1 Å². The molecule has 0 fully saturated rings. The molecule has 2 N–H and O–H groups in total. The maximum Gasteiger partial charge on any atom is 0.249 e. The Hall–Kier alpha value is -2.37. The molecule has 0 atom stereocenters. The van der Waals surface area contributed by atoms with Gasteiger partial charge >= 0.3 is 0 Å². The zero-order valence-electron chi connectivity index (χ0n) is 13.8. The van der Waals surface area contributed by atoms with Crippen LogP contribution >= 0.6 is 23.2 Å². The molecule has 2 aromatic carbocycles. The van der Waals surface area contributed by atoms with Crippen LogP contribution in [0, 0.1) is 0 Å². The van der Waals surface area contributed by atoms with Gasteiger partial charge < -0.3 is 10.6 Å². The van der Waals surface area contributed by atoms with Crippen LogP contribution in [0.3, 0.4) is 0 Å². The van der Waals surface area contributed by atoms with Crippen LogP contribution in [-0.4, -0.2) is 15.2 Å². The van der Waals surface area contributed by atoms with Crippen molar-refractivity contribution < 1.29 is 0 Å². The molecule has 3 aromatic rings. The van der Waals surface area contributed by atoms with Crippen LogP contribution in [0.25, 0.3) is 0 Å². The van der Waals surface area contributed by atoms with Crippen molar-refractivity contribution in [3.8, 4) is 0 Å². The summed E-state index contributed by atoms with van der Waals surface area (Å²) in [4.78, 5) is 4.39. The Morgan fingerprint density at radius 1 is 0.920 bits per heavy atom. The Morgan fingerprint density at radius 3 is 2.24 bits per heavy atom. The molecule has 0 saturated heterocycles. The Balaban J connectivity index is 1.77. The number of aromatic nitrogens is 3. The molecule has 7 heteroatoms. The first kappa shape index (κ1) is 17.5. The average Bonchev–Trinajstić information content (AvgIpc) is 2.59. The first-order valence-electron chi connectivity index (χ1n) is 7.80. The van der Waals surface area contributed by atoms with E-state index in [4.69, 9.17) is 23.2 Å². The highest BCUT2D eigenvalue weighted by molar-refractivity contribution is 6.39. The zero-order chi connectivity index (χ0) is 17.8. The first-order valence-corrected chi connectivity index (χ1v) is 8.56. The van der Waals surface area contributed by atoms with E-state index in [1.807, 2.05) is 12.1 Å². The molecule has 0 aliphatic carbocycles. The van der Waals surface area contributed by atoms with Crippen molar-refractivity contribution in [2.24, 2.45) is 0 Å². The van der Waals surface area contributed by atoms with Crippen LogP contribution in [0.15, 0.2) is 48.7 Å². The van der Waals surface area contributed by atoms with E-state index in [2.05, 4.69) is 51.8 Å². The Bertz CT molecular complexity index is 845. The standard InChI is InChI=1S/C18H17Cl2N5/c1-11(2)12-6-8-13(9-7-12)22-16-10-21-25-18(23-16)24-17-14(19)4-3-5-15(17)20/h3-11H,1-2H3,(H2,22,23,24,25). The molecule has 0 saturated carbocycles. The average molecular weight is 374 g/mol. The number of halogens is 2. The maximum absolute atomic E-state index is 6.15. The molecule has 3 rings (SSSR count). The highest BCUT2D eigenvalue weighted by Gasteiger charge is 2.08. The number of nitrogens with one attached hydrogen (secondary N) is 2. The summed E-state index contributed by atoms with van der Waals surface area (Å²) in [5, 5.41) is 15.1. The molecule has 128 valence electrons. The van der Waals surface area contributed by atoms with Gasteiger partial charge in [-0.1, -0.05) is 55.2 Å². The lowest BCUT2D eigenvalue weighted by molar-refractivity contribution is 0.867. The molecule has 25 heavy (non-hydrogen) atoms. The molecule has 5 nitrogen and oxygen atoms in total. The highest BCUT2D eigenvalue weighted by atomic mass is 35.5. The van der Waals surface area contributed by atoms with Crippen molar-refractivity contribution in [1.82, 2.24) is 15.2 Å². The summed E-state index contributed by atoms with van der Waals surface area (Å²) in [5.41, 5.74) is 2.75. The molecule has 0 unspecified atom stereocenters. The third kappa shape index (κ3) is 4.38. The molecule has 0 bridgehead atoms. The normalized spacial score (nSPS) is 10.8. The molecule has 1 heterocycles. The van der Waals surface area contributed by atoms with Gasteiger partial charge in [-0.15, -0.1) is 5.10 Å². The lowest BCUT2D eigenvalue weighted by atomic mass is 10.0. The molecular weight excluding hydrogens is 357 g/mol. The maximum atomic E-state index is 6.15. The second-order valence-electron chi connectivity index (χ2n) is 5.79. The van der Waals surface area contributed by atoms with Crippen molar-refractivity contribution in [2.75, 3.05) is 10.6 Å². The van der Waals surface area contributed by atoms with Gasteiger partial charge in [-0.05, 0) is 35.7 Å². The number of hydrogen-bond acceptors (Lipinski definition) is 5. The van der Waals surface area contributed by atoms with Crippen LogP contribution in [0.4, 0.5) is 23.1 Å². The van der Waals surface area contributed by atoms with E-state index in [1.165, 1.54) is 5.56 Å². The second kappa shape index (κ2) is 7.68. The fourth-order valence-electron chi connectivity index (χ4n) is 2.25. The lowest BCUT2D eigenvalue weighted by Gasteiger charge is -2.11. The van der Waals surface area contributed by atoms with Gasteiger partial charge in [0.15, 0.2) is 5.82 Å². The number of nitrogens with zero attached hydrogens (tertiary/aromatic N) is 3. The highest BCUT2D eigenvalue weighted by Crippen LogP contribution is 2.31. The molecule has 0 amide bonds. The van der Waals surface area contributed by atoms with Crippen molar-refractivity contribution >= 4 is 46.3 Å². The van der Waals surface area contributed by atoms with Gasteiger partial charge in [-0.25, -0.2) is 0 Å². The number of anilines is 4. The van der Waals surface area contributed by atoms with Gasteiger partial charge in [0.05, 0.1) is 21.9 Å². The largest absolute Gasteiger partial charge is 0.339 e. The van der Waals surface area contributed by atoms with Crippen LogP contribution in [0.2, 0.25) is 10.0 Å². The molecule has 0 radical (unpaired) electrons. The third-order valence-electron chi connectivity index (χ3n) is 3.61. The number of hydrogen-bond donors (Lipinski definition) is 2. The Kier molecular flexibility index (Phi) is 5.36. The van der Waals surface area contributed by atoms with Gasteiger partial charge in [0.1, 0.15) is 0 Å². The quantitative estimate of drug-likeness (QED) is 0.592. The summed E-state index contributed by atoms with van der Waals surface area (Å²) in [7, 11) is 0. The van der Waals surface area contributed by atoms with Crippen molar-refractivity contribution in [1.29, 1.82) is 0 Å². The smallest absolute Gasteiger partial charge is 0.249 e. The van der Waals surface area contributed by atoms with E-state index in [0.717, 1.165) is 5.69 Å². The van der Waals surface area contributed by atoms with E-state index in [0.29, 0.717) is 33.4 Å². The molecular formula is C18H17Cl2N5. The summed E-state index contributed by atoms with van der Waals surface area (Å²) >= 11 is 12.3. The molecule has 0 spiro atoms. The van der Waals surface area contributed by atoms with Gasteiger partial charge in [0, 0.05) is 5.69 Å². The number of para-hydroxylation sites is 1. The second-order valence-corrected chi connectivity index (χ2v) is 6.60. The summed E-state index contributed by atoms with van der Waals surface area (Å²) in [6, 6.07) is 13.4. The van der Waals surface area contributed by atoms with Crippen molar-refractivity contribution in [3.63, 3.8) is 0 Å². The van der Waals surface area contributed by atoms with Crippen LogP contribution in [0.1, 0.15) is 25.3 Å². The first-order chi connectivity index (χ1) is 12.0. The van der Waals surface area contributed by atoms with Crippen molar-refractivity contribution in [3.05, 3.63) is 64.3 Å². The number of benzene rings is 2. The zero-order valence-corrected chi connectivity index (χ0v) is 15.3. The van der Waals surface area contributed by atoms with Gasteiger partial charge in [0.2, 0.25) is 5.95 Å². The summed E-state index contributed by atoms with van der Waals surface area (Å²) in [6.07, 6.45) is 1.55. The third-order valence-corrected chi connectivity index (χ3v) is 4.24. The minimum absolute atomic E-state index is 0.304. The van der Waals surface area contributed by atoms with Crippen molar-refractivity contribution in [2.45, 2.75) is 19.8 Å².